The molecular weight excluding hydrogens is 256 g/mol. The maximum atomic E-state index is 11.8. The van der Waals surface area contributed by atoms with Gasteiger partial charge in [0.25, 0.3) is 5.91 Å². The number of pyridine rings is 1. The highest BCUT2D eigenvalue weighted by atomic mass is 79.9. The van der Waals surface area contributed by atoms with Crippen LogP contribution in [0.25, 0.3) is 0 Å². The molecule has 0 saturated heterocycles. The first-order chi connectivity index (χ1) is 6.93. The van der Waals surface area contributed by atoms with E-state index >= 15 is 0 Å². The second-order valence-corrected chi connectivity index (χ2v) is 5.41. The normalized spacial score (nSPS) is 13.3. The van der Waals surface area contributed by atoms with Gasteiger partial charge in [-0.1, -0.05) is 22.9 Å². The van der Waals surface area contributed by atoms with E-state index in [1.165, 1.54) is 0 Å². The van der Waals surface area contributed by atoms with Crippen LogP contribution in [-0.4, -0.2) is 21.3 Å². The summed E-state index contributed by atoms with van der Waals surface area (Å²) in [6, 6.07) is 3.50. The Kier molecular flexibility index (Phi) is 3.85. The van der Waals surface area contributed by atoms with Crippen LogP contribution in [0, 0.1) is 0 Å². The Morgan fingerprint density at radius 1 is 1.60 bits per heavy atom. The minimum atomic E-state index is -0.285. The van der Waals surface area contributed by atoms with Crippen LogP contribution in [0.1, 0.15) is 31.1 Å². The summed E-state index contributed by atoms with van der Waals surface area (Å²) in [4.78, 5) is 15.9. The van der Waals surface area contributed by atoms with Crippen molar-refractivity contribution >= 4 is 21.8 Å². The Labute approximate surface area is 98.4 Å². The lowest BCUT2D eigenvalue weighted by atomic mass is 10.0. The Hall–Kier alpha value is -0.900. The fraction of sp³-hybridized carbons (Fsp3) is 0.455. The third-order valence-electron chi connectivity index (χ3n) is 2.35. The van der Waals surface area contributed by atoms with Crippen molar-refractivity contribution in [2.24, 2.45) is 0 Å². The molecule has 1 atom stereocenters. The number of alkyl halides is 1. The molecule has 0 aromatic carbocycles. The second kappa shape index (κ2) is 4.75. The quantitative estimate of drug-likeness (QED) is 0.857. The zero-order valence-corrected chi connectivity index (χ0v) is 10.7. The standard InChI is InChI=1S/C11H15BrN2O/c1-8(12)11(2,3)14-10(15)9-5-4-6-13-7-9/h4-8H,1-3H3,(H,14,15). The minimum absolute atomic E-state index is 0.0978. The van der Waals surface area contributed by atoms with Gasteiger partial charge in [0.1, 0.15) is 0 Å². The van der Waals surface area contributed by atoms with Crippen molar-refractivity contribution in [3.63, 3.8) is 0 Å². The van der Waals surface area contributed by atoms with E-state index in [9.17, 15) is 4.79 Å². The first kappa shape index (κ1) is 12.2. The molecule has 4 heteroatoms. The van der Waals surface area contributed by atoms with Gasteiger partial charge in [-0.15, -0.1) is 0 Å². The molecule has 0 aliphatic carbocycles. The van der Waals surface area contributed by atoms with Crippen LogP contribution in [0.15, 0.2) is 24.5 Å². The number of amides is 1. The molecule has 1 aromatic rings. The third kappa shape index (κ3) is 3.30. The van der Waals surface area contributed by atoms with Gasteiger partial charge in [-0.2, -0.15) is 0 Å². The van der Waals surface area contributed by atoms with Gasteiger partial charge < -0.3 is 5.32 Å². The van der Waals surface area contributed by atoms with Crippen molar-refractivity contribution in [3.05, 3.63) is 30.1 Å². The minimum Gasteiger partial charge on any atom is -0.346 e. The Morgan fingerprint density at radius 2 is 2.27 bits per heavy atom. The largest absolute Gasteiger partial charge is 0.346 e. The second-order valence-electron chi connectivity index (χ2n) is 4.03. The van der Waals surface area contributed by atoms with Crippen molar-refractivity contribution < 1.29 is 4.79 Å². The summed E-state index contributed by atoms with van der Waals surface area (Å²) in [5.74, 6) is -0.0978. The van der Waals surface area contributed by atoms with Crippen LogP contribution in [0.4, 0.5) is 0 Å². The number of rotatable bonds is 3. The van der Waals surface area contributed by atoms with E-state index in [0.717, 1.165) is 0 Å². The maximum absolute atomic E-state index is 11.8. The molecule has 0 bridgehead atoms. The topological polar surface area (TPSA) is 42.0 Å². The molecule has 0 radical (unpaired) electrons. The summed E-state index contributed by atoms with van der Waals surface area (Å²) in [7, 11) is 0. The number of aromatic nitrogens is 1. The highest BCUT2D eigenvalue weighted by Crippen LogP contribution is 2.17. The molecule has 1 unspecified atom stereocenters. The van der Waals surface area contributed by atoms with Gasteiger partial charge in [0, 0.05) is 22.8 Å². The summed E-state index contributed by atoms with van der Waals surface area (Å²) >= 11 is 3.47. The molecule has 1 heterocycles. The first-order valence-corrected chi connectivity index (χ1v) is 5.71. The van der Waals surface area contributed by atoms with Crippen molar-refractivity contribution in [2.75, 3.05) is 0 Å². The van der Waals surface area contributed by atoms with Crippen LogP contribution in [0.5, 0.6) is 0 Å². The summed E-state index contributed by atoms with van der Waals surface area (Å²) < 4.78 is 0. The number of carbonyl (C=O) groups excluding carboxylic acids is 1. The average molecular weight is 271 g/mol. The van der Waals surface area contributed by atoms with Crippen LogP contribution in [0.3, 0.4) is 0 Å². The maximum Gasteiger partial charge on any atom is 0.253 e. The van der Waals surface area contributed by atoms with Gasteiger partial charge in [0.05, 0.1) is 5.56 Å². The fourth-order valence-corrected chi connectivity index (χ4v) is 1.08. The van der Waals surface area contributed by atoms with Crippen molar-refractivity contribution in [3.8, 4) is 0 Å². The van der Waals surface area contributed by atoms with Crippen molar-refractivity contribution in [1.82, 2.24) is 10.3 Å². The molecule has 0 aliphatic heterocycles. The number of hydrogen-bond donors (Lipinski definition) is 1. The molecule has 0 spiro atoms. The molecule has 15 heavy (non-hydrogen) atoms. The summed E-state index contributed by atoms with van der Waals surface area (Å²) in [5, 5.41) is 2.95. The Bertz CT molecular complexity index is 336. The van der Waals surface area contributed by atoms with E-state index in [0.29, 0.717) is 5.56 Å². The zero-order chi connectivity index (χ0) is 11.5. The SMILES string of the molecule is CC(Br)C(C)(C)NC(=O)c1cccnc1. The zero-order valence-electron chi connectivity index (χ0n) is 9.12. The van der Waals surface area contributed by atoms with Crippen LogP contribution >= 0.6 is 15.9 Å². The monoisotopic (exact) mass is 270 g/mol. The van der Waals surface area contributed by atoms with E-state index in [2.05, 4.69) is 26.2 Å². The number of halogens is 1. The highest BCUT2D eigenvalue weighted by molar-refractivity contribution is 9.09. The number of carbonyl (C=O) groups is 1. The molecule has 0 aliphatic rings. The van der Waals surface area contributed by atoms with Crippen LogP contribution in [0.2, 0.25) is 0 Å². The van der Waals surface area contributed by atoms with E-state index < -0.39 is 0 Å². The molecule has 3 nitrogen and oxygen atoms in total. The van der Waals surface area contributed by atoms with E-state index in [1.54, 1.807) is 24.5 Å². The van der Waals surface area contributed by atoms with E-state index in [-0.39, 0.29) is 16.3 Å². The Morgan fingerprint density at radius 3 is 2.73 bits per heavy atom. The van der Waals surface area contributed by atoms with Crippen LogP contribution in [-0.2, 0) is 0 Å². The molecular formula is C11H15BrN2O. The first-order valence-electron chi connectivity index (χ1n) is 4.80. The summed E-state index contributed by atoms with van der Waals surface area (Å²) in [5.41, 5.74) is 0.297. The van der Waals surface area contributed by atoms with E-state index in [1.807, 2.05) is 20.8 Å². The molecule has 1 aromatic heterocycles. The fourth-order valence-electron chi connectivity index (χ4n) is 0.961. The predicted molar refractivity (Wildman–Crippen MR) is 64.2 cm³/mol. The summed E-state index contributed by atoms with van der Waals surface area (Å²) in [6.45, 7) is 5.95. The molecule has 1 rings (SSSR count). The summed E-state index contributed by atoms with van der Waals surface area (Å²) in [6.07, 6.45) is 3.21. The van der Waals surface area contributed by atoms with Gasteiger partial charge in [-0.25, -0.2) is 0 Å². The van der Waals surface area contributed by atoms with Gasteiger partial charge in [0.2, 0.25) is 0 Å². The van der Waals surface area contributed by atoms with Gasteiger partial charge >= 0.3 is 0 Å². The molecule has 82 valence electrons. The average Bonchev–Trinajstić information content (AvgIpc) is 2.18. The van der Waals surface area contributed by atoms with Gasteiger partial charge in [0.15, 0.2) is 0 Å². The molecule has 1 N–H and O–H groups in total. The predicted octanol–water partition coefficient (Wildman–Crippen LogP) is 2.37. The lowest BCUT2D eigenvalue weighted by molar-refractivity contribution is 0.0913. The smallest absolute Gasteiger partial charge is 0.253 e. The third-order valence-corrected chi connectivity index (χ3v) is 3.50. The lowest BCUT2D eigenvalue weighted by Crippen LogP contribution is -2.48. The van der Waals surface area contributed by atoms with Gasteiger partial charge in [-0.3, -0.25) is 9.78 Å². The van der Waals surface area contributed by atoms with Gasteiger partial charge in [-0.05, 0) is 26.0 Å². The molecule has 1 amide bonds. The number of nitrogens with one attached hydrogen (secondary N) is 1. The molecule has 0 fully saturated rings. The highest BCUT2D eigenvalue weighted by Gasteiger charge is 2.25. The van der Waals surface area contributed by atoms with Crippen molar-refractivity contribution in [2.45, 2.75) is 31.1 Å². The number of nitrogens with zero attached hydrogens (tertiary/aromatic N) is 1. The lowest BCUT2D eigenvalue weighted by Gasteiger charge is -2.29. The van der Waals surface area contributed by atoms with Crippen LogP contribution < -0.4 is 5.32 Å². The van der Waals surface area contributed by atoms with Crippen molar-refractivity contribution in [1.29, 1.82) is 0 Å². The Balaban J connectivity index is 2.73. The molecule has 0 saturated carbocycles. The van der Waals surface area contributed by atoms with E-state index in [4.69, 9.17) is 0 Å². The number of hydrogen-bond acceptors (Lipinski definition) is 2.